The standard InChI is InChI=1S/2C9H7NO.ClH.Gd/c2*11-8-5-1-3-7-4-2-6-10-9(7)8;;/h2*1-6,11H;1H;/q;;;+1/p-1. The van der Waals surface area contributed by atoms with Gasteiger partial charge in [-0.1, -0.05) is 36.4 Å². The molecule has 6 heteroatoms. The van der Waals surface area contributed by atoms with Crippen LogP contribution < -0.4 is 0 Å². The summed E-state index contributed by atoms with van der Waals surface area (Å²) in [5, 5.41) is 20.5. The van der Waals surface area contributed by atoms with Gasteiger partial charge in [0.05, 0.1) is 0 Å². The van der Waals surface area contributed by atoms with Crippen molar-refractivity contribution in [2.24, 2.45) is 0 Å². The summed E-state index contributed by atoms with van der Waals surface area (Å²) in [5.41, 5.74) is 1.32. The number of hydrogen-bond acceptors (Lipinski definition) is 4. The SMILES string of the molecule is Oc1cccc2cccnc12.Oc1cccc2cccnc12.[Cl][Gd]. The van der Waals surface area contributed by atoms with Gasteiger partial charge in [0.1, 0.15) is 22.5 Å². The molecule has 24 heavy (non-hydrogen) atoms. The van der Waals surface area contributed by atoms with Crippen molar-refractivity contribution in [1.29, 1.82) is 0 Å². The number of halogens is 1. The van der Waals surface area contributed by atoms with E-state index < -0.39 is 0 Å². The topological polar surface area (TPSA) is 66.2 Å². The number of aromatic hydroxyl groups is 2. The van der Waals surface area contributed by atoms with Gasteiger partial charge in [-0.15, -0.1) is 0 Å². The van der Waals surface area contributed by atoms with E-state index in [0.717, 1.165) is 10.8 Å². The fourth-order valence-electron chi connectivity index (χ4n) is 2.18. The number of para-hydroxylation sites is 2. The van der Waals surface area contributed by atoms with Crippen molar-refractivity contribution in [2.45, 2.75) is 0 Å². The molecule has 0 saturated carbocycles. The van der Waals surface area contributed by atoms with Gasteiger partial charge in [0.15, 0.2) is 0 Å². The van der Waals surface area contributed by atoms with Crippen LogP contribution >= 0.6 is 5.97 Å². The summed E-state index contributed by atoms with van der Waals surface area (Å²) in [4.78, 5) is 8.06. The molecule has 0 bridgehead atoms. The van der Waals surface area contributed by atoms with Crippen molar-refractivity contribution in [3.05, 3.63) is 73.1 Å². The summed E-state index contributed by atoms with van der Waals surface area (Å²) in [6.45, 7) is 0. The average Bonchev–Trinajstić information content (AvgIpc) is 2.65. The first-order chi connectivity index (χ1) is 11.8. The van der Waals surface area contributed by atoms with Crippen molar-refractivity contribution in [1.82, 2.24) is 9.97 Å². The third-order valence-electron chi connectivity index (χ3n) is 3.22. The minimum absolute atomic E-state index is 0.239. The Morgan fingerprint density at radius 2 is 1.00 bits per heavy atom. The van der Waals surface area contributed by atoms with Gasteiger partial charge in [-0.2, -0.15) is 0 Å². The van der Waals surface area contributed by atoms with Gasteiger partial charge in [0.25, 0.3) is 0 Å². The van der Waals surface area contributed by atoms with E-state index in [4.69, 9.17) is 0 Å². The second-order valence-corrected chi connectivity index (χ2v) is 4.70. The zero-order valence-corrected chi connectivity index (χ0v) is 15.5. The van der Waals surface area contributed by atoms with Crippen molar-refractivity contribution >= 4 is 27.8 Å². The second kappa shape index (κ2) is 9.69. The van der Waals surface area contributed by atoms with Crippen molar-refractivity contribution in [2.75, 3.05) is 0 Å². The van der Waals surface area contributed by atoms with E-state index in [2.05, 4.69) is 15.9 Å². The summed E-state index contributed by atoms with van der Waals surface area (Å²) in [7, 11) is 0. The molecule has 0 spiro atoms. The molecule has 4 aromatic rings. The van der Waals surface area contributed by atoms with Gasteiger partial charge in [0, 0.05) is 23.2 Å². The minimum atomic E-state index is 0.239. The maximum absolute atomic E-state index is 9.31. The average molecular weight is 483 g/mol. The van der Waals surface area contributed by atoms with Crippen LogP contribution in [0.1, 0.15) is 0 Å². The van der Waals surface area contributed by atoms with E-state index in [0.29, 0.717) is 11.0 Å². The summed E-state index contributed by atoms with van der Waals surface area (Å²) in [6.07, 6.45) is 3.34. The van der Waals surface area contributed by atoms with Crippen LogP contribution in [0.15, 0.2) is 73.1 Å². The zero-order chi connectivity index (χ0) is 17.4. The number of phenolic OH excluding ortho intramolecular Hbond substituents is 2. The molecule has 0 atom stereocenters. The number of fused-ring (bicyclic) bond motifs is 2. The van der Waals surface area contributed by atoms with E-state index in [1.54, 1.807) is 36.7 Å². The Bertz CT molecular complexity index is 847. The third kappa shape index (κ3) is 4.74. The van der Waals surface area contributed by atoms with Gasteiger partial charge < -0.3 is 10.2 Å². The Labute approximate surface area is 167 Å². The van der Waals surface area contributed by atoms with Gasteiger partial charge in [0.2, 0.25) is 0 Å². The van der Waals surface area contributed by atoms with E-state index in [-0.39, 0.29) is 11.5 Å². The predicted octanol–water partition coefficient (Wildman–Crippen LogP) is 4.57. The molecule has 2 heterocycles. The fraction of sp³-hybridized carbons (Fsp3) is 0. The first kappa shape index (κ1) is 18.8. The molecule has 2 aromatic carbocycles. The van der Waals surface area contributed by atoms with Crippen molar-refractivity contribution in [3.63, 3.8) is 0 Å². The van der Waals surface area contributed by atoms with Crippen LogP contribution in [-0.2, 0) is 0 Å². The number of pyridine rings is 2. The number of hydrogen-bond donors (Lipinski definition) is 2. The van der Waals surface area contributed by atoms with Crippen LogP contribution in [0.5, 0.6) is 11.5 Å². The summed E-state index contributed by atoms with van der Waals surface area (Å²) in [5.74, 6) is 5.14. The molecule has 2 N–H and O–H groups in total. The van der Waals surface area contributed by atoms with Gasteiger partial charge in [-0.3, -0.25) is 9.97 Å². The van der Waals surface area contributed by atoms with Crippen LogP contribution in [0.4, 0.5) is 0 Å². The molecular weight excluding hydrogens is 469 g/mol. The molecule has 0 fully saturated rings. The van der Waals surface area contributed by atoms with Gasteiger partial charge >= 0.3 is 42.3 Å². The number of rotatable bonds is 0. The normalized spacial score (nSPS) is 9.58. The van der Waals surface area contributed by atoms with Gasteiger partial charge in [-0.25, -0.2) is 0 Å². The summed E-state index contributed by atoms with van der Waals surface area (Å²) in [6, 6.07) is 18.3. The van der Waals surface area contributed by atoms with Crippen LogP contribution in [-0.4, -0.2) is 20.2 Å². The Morgan fingerprint density at radius 1 is 0.625 bits per heavy atom. The number of nitrogens with zero attached hydrogens (tertiary/aromatic N) is 2. The van der Waals surface area contributed by atoms with Crippen LogP contribution in [0.2, 0.25) is 0 Å². The molecule has 2 aromatic heterocycles. The van der Waals surface area contributed by atoms with Crippen LogP contribution in [0, 0.1) is 36.4 Å². The summed E-state index contributed by atoms with van der Waals surface area (Å²) >= 11 is 1.33. The number of benzene rings is 2. The Kier molecular flexibility index (Phi) is 7.60. The molecule has 0 aliphatic heterocycles. The molecule has 0 unspecified atom stereocenters. The van der Waals surface area contributed by atoms with Crippen molar-refractivity contribution in [3.8, 4) is 11.5 Å². The third-order valence-corrected chi connectivity index (χ3v) is 3.22. The zero-order valence-electron chi connectivity index (χ0n) is 12.4. The number of aromatic nitrogens is 2. The van der Waals surface area contributed by atoms with Crippen LogP contribution in [0.3, 0.4) is 0 Å². The first-order valence-corrected chi connectivity index (χ1v) is 9.78. The van der Waals surface area contributed by atoms with Crippen LogP contribution in [0.25, 0.3) is 21.8 Å². The maximum atomic E-state index is 9.31. The summed E-state index contributed by atoms with van der Waals surface area (Å²) < 4.78 is 0. The second-order valence-electron chi connectivity index (χ2n) is 4.70. The Hall–Kier alpha value is -1.53. The monoisotopic (exact) mass is 483 g/mol. The van der Waals surface area contributed by atoms with E-state index in [1.165, 1.54) is 36.4 Å². The molecular formula is C18H14ClGdN2O2. The van der Waals surface area contributed by atoms with E-state index in [9.17, 15) is 10.2 Å². The first-order valence-electron chi connectivity index (χ1n) is 6.94. The fourth-order valence-corrected chi connectivity index (χ4v) is 2.18. The Balaban J connectivity index is 0.000000158. The molecule has 0 radical (unpaired) electrons. The predicted molar refractivity (Wildman–Crippen MR) is 92.7 cm³/mol. The molecule has 0 amide bonds. The molecule has 0 aliphatic rings. The quantitative estimate of drug-likeness (QED) is 0.385. The molecule has 0 aliphatic carbocycles. The molecule has 4 nitrogen and oxygen atoms in total. The van der Waals surface area contributed by atoms with E-state index >= 15 is 0 Å². The Morgan fingerprint density at radius 3 is 1.38 bits per heavy atom. The number of phenols is 2. The van der Waals surface area contributed by atoms with Crippen molar-refractivity contribution < 1.29 is 46.6 Å². The van der Waals surface area contributed by atoms with E-state index in [1.807, 2.05) is 36.4 Å². The van der Waals surface area contributed by atoms with Gasteiger partial charge in [-0.05, 0) is 24.3 Å². The molecule has 0 saturated heterocycles. The molecule has 123 valence electrons. The molecule has 4 rings (SSSR count).